The largest absolute Gasteiger partial charge is 0.436 e. The second-order valence-corrected chi connectivity index (χ2v) is 9.99. The maximum Gasteiger partial charge on any atom is 0.227 e. The van der Waals surface area contributed by atoms with Gasteiger partial charge in [-0.15, -0.1) is 0 Å². The Labute approximate surface area is 168 Å². The lowest BCUT2D eigenvalue weighted by atomic mass is 9.58. The van der Waals surface area contributed by atoms with Gasteiger partial charge in [0.2, 0.25) is 5.71 Å². The van der Waals surface area contributed by atoms with E-state index in [1.165, 1.54) is 55.2 Å². The average molecular weight is 377 g/mol. The highest BCUT2D eigenvalue weighted by atomic mass is 16.3. The lowest BCUT2D eigenvalue weighted by molar-refractivity contribution is 0.0402. The molecule has 0 bridgehead atoms. The van der Waals surface area contributed by atoms with E-state index >= 15 is 0 Å². The smallest absolute Gasteiger partial charge is 0.227 e. The molecule has 1 saturated carbocycles. The van der Waals surface area contributed by atoms with E-state index in [9.17, 15) is 0 Å². The molecule has 3 nitrogen and oxygen atoms in total. The number of nitrogens with zero attached hydrogens (tertiary/aromatic N) is 2. The monoisotopic (exact) mass is 376 g/mol. The zero-order valence-electron chi connectivity index (χ0n) is 17.7. The molecule has 5 rings (SSSR count). The SMILES string of the molecule is Cc1ccc2c(oc3ncccc32)c1N1C[C@H](C)C2(CCCCC2)CC1(C)C. The Morgan fingerprint density at radius 3 is 2.64 bits per heavy atom. The number of anilines is 1. The van der Waals surface area contributed by atoms with Crippen LogP contribution in [0.25, 0.3) is 22.1 Å². The molecule has 2 aliphatic rings. The number of piperidine rings is 1. The molecular weight excluding hydrogens is 344 g/mol. The molecule has 1 aliphatic carbocycles. The van der Waals surface area contributed by atoms with Gasteiger partial charge < -0.3 is 9.32 Å². The van der Waals surface area contributed by atoms with Crippen LogP contribution in [-0.4, -0.2) is 17.1 Å². The molecule has 1 aliphatic heterocycles. The molecule has 0 unspecified atom stereocenters. The molecule has 2 fully saturated rings. The highest BCUT2D eigenvalue weighted by Crippen LogP contribution is 2.54. The van der Waals surface area contributed by atoms with Crippen molar-refractivity contribution in [3.63, 3.8) is 0 Å². The van der Waals surface area contributed by atoms with Gasteiger partial charge >= 0.3 is 0 Å². The lowest BCUT2D eigenvalue weighted by Gasteiger charge is -2.57. The van der Waals surface area contributed by atoms with E-state index in [0.29, 0.717) is 11.3 Å². The molecule has 148 valence electrons. The van der Waals surface area contributed by atoms with Crippen molar-refractivity contribution in [3.05, 3.63) is 36.0 Å². The first-order valence-corrected chi connectivity index (χ1v) is 11.0. The number of pyridine rings is 1. The average Bonchev–Trinajstić information content (AvgIpc) is 3.04. The number of benzene rings is 1. The molecule has 28 heavy (non-hydrogen) atoms. The molecule has 1 atom stereocenters. The second kappa shape index (κ2) is 6.23. The van der Waals surface area contributed by atoms with E-state index in [1.807, 2.05) is 12.3 Å². The van der Waals surface area contributed by atoms with Gasteiger partial charge in [0.1, 0.15) is 0 Å². The fourth-order valence-corrected chi connectivity index (χ4v) is 6.26. The normalized spacial score (nSPS) is 24.3. The summed E-state index contributed by atoms with van der Waals surface area (Å²) in [6.07, 6.45) is 10.1. The Bertz CT molecular complexity index is 1030. The van der Waals surface area contributed by atoms with Crippen LogP contribution in [0, 0.1) is 18.3 Å². The number of aryl methyl sites for hydroxylation is 1. The van der Waals surface area contributed by atoms with Gasteiger partial charge in [-0.3, -0.25) is 0 Å². The van der Waals surface area contributed by atoms with E-state index in [2.05, 4.69) is 55.8 Å². The zero-order valence-corrected chi connectivity index (χ0v) is 17.7. The Hall–Kier alpha value is -2.03. The van der Waals surface area contributed by atoms with Crippen molar-refractivity contribution in [2.24, 2.45) is 11.3 Å². The first-order valence-electron chi connectivity index (χ1n) is 11.0. The predicted molar refractivity (Wildman–Crippen MR) is 117 cm³/mol. The van der Waals surface area contributed by atoms with E-state index in [0.717, 1.165) is 23.2 Å². The molecule has 1 spiro atoms. The highest BCUT2D eigenvalue weighted by Gasteiger charge is 2.49. The van der Waals surface area contributed by atoms with Crippen LogP contribution in [0.4, 0.5) is 5.69 Å². The van der Waals surface area contributed by atoms with Crippen LogP contribution in [0.15, 0.2) is 34.9 Å². The molecule has 0 radical (unpaired) electrons. The maximum atomic E-state index is 6.33. The highest BCUT2D eigenvalue weighted by molar-refractivity contribution is 6.08. The molecular formula is C25H32N2O. The first-order chi connectivity index (χ1) is 13.4. The molecule has 1 saturated heterocycles. The molecule has 1 aromatic carbocycles. The fraction of sp³-hybridized carbons (Fsp3) is 0.560. The summed E-state index contributed by atoms with van der Waals surface area (Å²) in [6, 6.07) is 8.57. The fourth-order valence-electron chi connectivity index (χ4n) is 6.26. The van der Waals surface area contributed by atoms with Gasteiger partial charge in [-0.2, -0.15) is 0 Å². The predicted octanol–water partition coefficient (Wildman–Crippen LogP) is 6.86. The van der Waals surface area contributed by atoms with Crippen molar-refractivity contribution < 1.29 is 4.42 Å². The molecule has 2 aromatic heterocycles. The summed E-state index contributed by atoms with van der Waals surface area (Å²) in [6.45, 7) is 10.7. The van der Waals surface area contributed by atoms with Crippen molar-refractivity contribution in [3.8, 4) is 0 Å². The Balaban J connectivity index is 1.64. The van der Waals surface area contributed by atoms with Crippen LogP contribution < -0.4 is 4.90 Å². The minimum atomic E-state index is 0.120. The van der Waals surface area contributed by atoms with Gasteiger partial charge in [0.15, 0.2) is 5.58 Å². The van der Waals surface area contributed by atoms with Crippen molar-refractivity contribution >= 4 is 27.8 Å². The zero-order chi connectivity index (χ0) is 19.5. The van der Waals surface area contributed by atoms with Gasteiger partial charge in [0, 0.05) is 29.1 Å². The van der Waals surface area contributed by atoms with Crippen molar-refractivity contribution in [2.45, 2.75) is 71.8 Å². The summed E-state index contributed by atoms with van der Waals surface area (Å²) in [5, 5.41) is 2.30. The third-order valence-electron chi connectivity index (χ3n) is 7.73. The maximum absolute atomic E-state index is 6.33. The summed E-state index contributed by atoms with van der Waals surface area (Å²) >= 11 is 0. The number of hydrogen-bond acceptors (Lipinski definition) is 3. The van der Waals surface area contributed by atoms with Gasteiger partial charge in [-0.25, -0.2) is 4.98 Å². The molecule has 0 N–H and O–H groups in total. The van der Waals surface area contributed by atoms with Gasteiger partial charge in [-0.1, -0.05) is 38.3 Å². The topological polar surface area (TPSA) is 29.3 Å². The Morgan fingerprint density at radius 2 is 1.86 bits per heavy atom. The number of aromatic nitrogens is 1. The van der Waals surface area contributed by atoms with Crippen molar-refractivity contribution in [1.29, 1.82) is 0 Å². The summed E-state index contributed by atoms with van der Waals surface area (Å²) in [5.41, 5.74) is 4.97. The van der Waals surface area contributed by atoms with E-state index in [-0.39, 0.29) is 5.54 Å². The van der Waals surface area contributed by atoms with Crippen LogP contribution in [0.1, 0.15) is 64.9 Å². The minimum Gasteiger partial charge on any atom is -0.436 e. The molecule has 3 aromatic rings. The third kappa shape index (κ3) is 2.58. The third-order valence-corrected chi connectivity index (χ3v) is 7.73. The molecule has 3 heterocycles. The Morgan fingerprint density at radius 1 is 1.07 bits per heavy atom. The quantitative estimate of drug-likeness (QED) is 0.464. The number of furan rings is 1. The van der Waals surface area contributed by atoms with Crippen LogP contribution in [-0.2, 0) is 0 Å². The first kappa shape index (κ1) is 18.0. The lowest BCUT2D eigenvalue weighted by Crippen LogP contribution is -2.58. The van der Waals surface area contributed by atoms with E-state index in [1.54, 1.807) is 0 Å². The van der Waals surface area contributed by atoms with E-state index < -0.39 is 0 Å². The van der Waals surface area contributed by atoms with Crippen LogP contribution in [0.3, 0.4) is 0 Å². The van der Waals surface area contributed by atoms with Crippen LogP contribution >= 0.6 is 0 Å². The summed E-state index contributed by atoms with van der Waals surface area (Å²) in [5.74, 6) is 0.706. The van der Waals surface area contributed by atoms with Crippen molar-refractivity contribution in [2.75, 3.05) is 11.4 Å². The second-order valence-electron chi connectivity index (χ2n) is 9.99. The summed E-state index contributed by atoms with van der Waals surface area (Å²) < 4.78 is 6.33. The summed E-state index contributed by atoms with van der Waals surface area (Å²) in [4.78, 5) is 7.12. The van der Waals surface area contributed by atoms with Crippen molar-refractivity contribution in [1.82, 2.24) is 4.98 Å². The van der Waals surface area contributed by atoms with Gasteiger partial charge in [0.05, 0.1) is 5.69 Å². The van der Waals surface area contributed by atoms with Crippen LogP contribution in [0.5, 0.6) is 0 Å². The van der Waals surface area contributed by atoms with E-state index in [4.69, 9.17) is 4.42 Å². The summed E-state index contributed by atoms with van der Waals surface area (Å²) in [7, 11) is 0. The van der Waals surface area contributed by atoms with Crippen LogP contribution in [0.2, 0.25) is 0 Å². The Kier molecular flexibility index (Phi) is 4.01. The van der Waals surface area contributed by atoms with Gasteiger partial charge in [0.25, 0.3) is 0 Å². The number of fused-ring (bicyclic) bond motifs is 3. The molecule has 3 heteroatoms. The number of rotatable bonds is 1. The number of hydrogen-bond donors (Lipinski definition) is 0. The van der Waals surface area contributed by atoms with Gasteiger partial charge in [-0.05, 0) is 69.1 Å². The minimum absolute atomic E-state index is 0.120. The molecule has 0 amide bonds. The standard InChI is InChI=1S/C25H32N2O/c1-17-10-11-19-20-9-8-14-26-23(20)28-22(19)21(17)27-15-18(2)25(16-24(27,3)4)12-6-5-7-13-25/h8-11,14,18H,5-7,12-13,15-16H2,1-4H3/t18-/m0/s1.